The van der Waals surface area contributed by atoms with E-state index in [1.807, 2.05) is 0 Å². The van der Waals surface area contributed by atoms with E-state index in [4.69, 9.17) is 16.3 Å². The maximum absolute atomic E-state index is 11.8. The predicted octanol–water partition coefficient (Wildman–Crippen LogP) is 1.89. The van der Waals surface area contributed by atoms with Crippen molar-refractivity contribution in [2.75, 3.05) is 19.8 Å². The summed E-state index contributed by atoms with van der Waals surface area (Å²) >= 11 is 5.73. The second kappa shape index (κ2) is 5.98. The molecule has 0 radical (unpaired) electrons. The molecule has 1 unspecified atom stereocenters. The number of pyridine rings is 1. The summed E-state index contributed by atoms with van der Waals surface area (Å²) in [7, 11) is 0. The van der Waals surface area contributed by atoms with Crippen molar-refractivity contribution in [3.63, 3.8) is 0 Å². The molecular weight excluding hydrogens is 240 g/mol. The monoisotopic (exact) mass is 254 g/mol. The van der Waals surface area contributed by atoms with Crippen molar-refractivity contribution < 1.29 is 9.53 Å². The van der Waals surface area contributed by atoms with E-state index < -0.39 is 0 Å². The Kier molecular flexibility index (Phi) is 4.34. The highest BCUT2D eigenvalue weighted by Crippen LogP contribution is 2.12. The molecule has 17 heavy (non-hydrogen) atoms. The minimum absolute atomic E-state index is 0.111. The van der Waals surface area contributed by atoms with E-state index in [9.17, 15) is 4.79 Å². The van der Waals surface area contributed by atoms with Gasteiger partial charge in [-0.2, -0.15) is 0 Å². The number of nitrogens with zero attached hydrogens (tertiary/aromatic N) is 1. The number of rotatable bonds is 3. The molecule has 1 amide bonds. The molecule has 1 atom stereocenters. The highest BCUT2D eigenvalue weighted by atomic mass is 35.5. The minimum Gasteiger partial charge on any atom is -0.381 e. The summed E-state index contributed by atoms with van der Waals surface area (Å²) in [6.45, 7) is 2.22. The summed E-state index contributed by atoms with van der Waals surface area (Å²) in [6.07, 6.45) is 3.71. The lowest BCUT2D eigenvalue weighted by Gasteiger charge is -2.22. The topological polar surface area (TPSA) is 51.2 Å². The SMILES string of the molecule is O=C(NCC1CCCOC1)c1ccnc(Cl)c1. The molecule has 0 bridgehead atoms. The molecule has 1 aliphatic rings. The molecule has 5 heteroatoms. The molecule has 0 saturated carbocycles. The molecule has 1 fully saturated rings. The van der Waals surface area contributed by atoms with Gasteiger partial charge >= 0.3 is 0 Å². The fourth-order valence-corrected chi connectivity index (χ4v) is 2.03. The number of hydrogen-bond donors (Lipinski definition) is 1. The van der Waals surface area contributed by atoms with Crippen LogP contribution in [0, 0.1) is 5.92 Å². The quantitative estimate of drug-likeness (QED) is 0.838. The lowest BCUT2D eigenvalue weighted by Crippen LogP contribution is -2.33. The molecule has 1 saturated heterocycles. The molecule has 1 N–H and O–H groups in total. The predicted molar refractivity (Wildman–Crippen MR) is 65.1 cm³/mol. The van der Waals surface area contributed by atoms with Gasteiger partial charge in [0.1, 0.15) is 5.15 Å². The van der Waals surface area contributed by atoms with Gasteiger partial charge in [-0.15, -0.1) is 0 Å². The smallest absolute Gasteiger partial charge is 0.251 e. The van der Waals surface area contributed by atoms with E-state index in [2.05, 4.69) is 10.3 Å². The number of carbonyl (C=O) groups is 1. The summed E-state index contributed by atoms with van der Waals surface area (Å²) < 4.78 is 5.36. The first-order chi connectivity index (χ1) is 8.25. The molecule has 0 spiro atoms. The first-order valence-electron chi connectivity index (χ1n) is 5.73. The Balaban J connectivity index is 1.84. The zero-order chi connectivity index (χ0) is 12.1. The van der Waals surface area contributed by atoms with Gasteiger partial charge in [0.2, 0.25) is 0 Å². The van der Waals surface area contributed by atoms with Crippen molar-refractivity contribution in [2.45, 2.75) is 12.8 Å². The summed E-state index contributed by atoms with van der Waals surface area (Å²) in [5.74, 6) is 0.310. The normalized spacial score (nSPS) is 19.9. The van der Waals surface area contributed by atoms with Crippen molar-refractivity contribution in [3.05, 3.63) is 29.0 Å². The van der Waals surface area contributed by atoms with Crippen LogP contribution >= 0.6 is 11.6 Å². The Bertz CT molecular complexity index is 392. The number of amides is 1. The Morgan fingerprint density at radius 2 is 2.53 bits per heavy atom. The van der Waals surface area contributed by atoms with E-state index >= 15 is 0 Å². The second-order valence-electron chi connectivity index (χ2n) is 4.16. The van der Waals surface area contributed by atoms with Gasteiger partial charge < -0.3 is 10.1 Å². The Morgan fingerprint density at radius 3 is 3.24 bits per heavy atom. The van der Waals surface area contributed by atoms with Crippen LogP contribution < -0.4 is 5.32 Å². The number of nitrogens with one attached hydrogen (secondary N) is 1. The Morgan fingerprint density at radius 1 is 1.65 bits per heavy atom. The molecule has 4 nitrogen and oxygen atoms in total. The lowest BCUT2D eigenvalue weighted by atomic mass is 10.0. The molecule has 1 aromatic heterocycles. The second-order valence-corrected chi connectivity index (χ2v) is 4.55. The van der Waals surface area contributed by atoms with Crippen molar-refractivity contribution >= 4 is 17.5 Å². The van der Waals surface area contributed by atoms with Crippen molar-refractivity contribution in [1.82, 2.24) is 10.3 Å². The van der Waals surface area contributed by atoms with Gasteiger partial charge in [-0.05, 0) is 30.9 Å². The molecule has 1 aromatic rings. The minimum atomic E-state index is -0.111. The fraction of sp³-hybridized carbons (Fsp3) is 0.500. The zero-order valence-corrected chi connectivity index (χ0v) is 10.2. The van der Waals surface area contributed by atoms with Crippen LogP contribution in [0.5, 0.6) is 0 Å². The van der Waals surface area contributed by atoms with Crippen LogP contribution in [-0.4, -0.2) is 30.6 Å². The van der Waals surface area contributed by atoms with E-state index in [0.29, 0.717) is 23.2 Å². The maximum atomic E-state index is 11.8. The first kappa shape index (κ1) is 12.3. The number of ether oxygens (including phenoxy) is 1. The van der Waals surface area contributed by atoms with Gasteiger partial charge in [-0.3, -0.25) is 4.79 Å². The van der Waals surface area contributed by atoms with Crippen LogP contribution in [0.4, 0.5) is 0 Å². The van der Waals surface area contributed by atoms with Crippen LogP contribution in [0.15, 0.2) is 18.3 Å². The molecule has 2 heterocycles. The third-order valence-electron chi connectivity index (χ3n) is 2.79. The average Bonchev–Trinajstić information content (AvgIpc) is 2.37. The summed E-state index contributed by atoms with van der Waals surface area (Å²) in [5.41, 5.74) is 0.543. The molecule has 1 aliphatic heterocycles. The summed E-state index contributed by atoms with van der Waals surface area (Å²) in [4.78, 5) is 15.6. The number of aromatic nitrogens is 1. The molecule has 0 aliphatic carbocycles. The van der Waals surface area contributed by atoms with Gasteiger partial charge in [0.05, 0.1) is 6.61 Å². The van der Waals surface area contributed by atoms with Gasteiger partial charge in [0.15, 0.2) is 0 Å². The zero-order valence-electron chi connectivity index (χ0n) is 9.49. The number of carbonyl (C=O) groups excluding carboxylic acids is 1. The maximum Gasteiger partial charge on any atom is 0.251 e. The van der Waals surface area contributed by atoms with E-state index in [-0.39, 0.29) is 5.91 Å². The Hall–Kier alpha value is -1.13. The van der Waals surface area contributed by atoms with Crippen LogP contribution in [0.3, 0.4) is 0 Å². The first-order valence-corrected chi connectivity index (χ1v) is 6.11. The van der Waals surface area contributed by atoms with Crippen LogP contribution in [0.1, 0.15) is 23.2 Å². The fourth-order valence-electron chi connectivity index (χ4n) is 1.85. The van der Waals surface area contributed by atoms with Crippen molar-refractivity contribution in [2.24, 2.45) is 5.92 Å². The molecule has 92 valence electrons. The third-order valence-corrected chi connectivity index (χ3v) is 3.00. The lowest BCUT2D eigenvalue weighted by molar-refractivity contribution is 0.0536. The largest absolute Gasteiger partial charge is 0.381 e. The van der Waals surface area contributed by atoms with Crippen LogP contribution in [-0.2, 0) is 4.74 Å². The summed E-state index contributed by atoms with van der Waals surface area (Å²) in [6, 6.07) is 3.22. The highest BCUT2D eigenvalue weighted by molar-refractivity contribution is 6.29. The number of hydrogen-bond acceptors (Lipinski definition) is 3. The van der Waals surface area contributed by atoms with Crippen LogP contribution in [0.2, 0.25) is 5.15 Å². The highest BCUT2D eigenvalue weighted by Gasteiger charge is 2.15. The number of halogens is 1. The standard InChI is InChI=1S/C12H15ClN2O2/c13-11-6-10(3-4-14-11)12(16)15-7-9-2-1-5-17-8-9/h3-4,6,9H,1-2,5,7-8H2,(H,15,16). The van der Waals surface area contributed by atoms with Gasteiger partial charge in [-0.25, -0.2) is 4.98 Å². The summed E-state index contributed by atoms with van der Waals surface area (Å²) in [5, 5.41) is 3.22. The van der Waals surface area contributed by atoms with E-state index in [1.54, 1.807) is 12.1 Å². The Labute approximate surface area is 105 Å². The van der Waals surface area contributed by atoms with Gasteiger partial charge in [-0.1, -0.05) is 11.6 Å². The van der Waals surface area contributed by atoms with Crippen molar-refractivity contribution in [3.8, 4) is 0 Å². The molecule has 0 aromatic carbocycles. The molecule has 2 rings (SSSR count). The van der Waals surface area contributed by atoms with Gasteiger partial charge in [0.25, 0.3) is 5.91 Å². The van der Waals surface area contributed by atoms with Crippen molar-refractivity contribution in [1.29, 1.82) is 0 Å². The van der Waals surface area contributed by atoms with Crippen LogP contribution in [0.25, 0.3) is 0 Å². The van der Waals surface area contributed by atoms with Gasteiger partial charge in [0, 0.05) is 24.9 Å². The van der Waals surface area contributed by atoms with E-state index in [1.165, 1.54) is 6.20 Å². The van der Waals surface area contributed by atoms with E-state index in [0.717, 1.165) is 26.1 Å². The average molecular weight is 255 g/mol. The third kappa shape index (κ3) is 3.68. The molecular formula is C12H15ClN2O2.